The molecule has 16 heavy (non-hydrogen) atoms. The van der Waals surface area contributed by atoms with Crippen LogP contribution in [0.3, 0.4) is 0 Å². The molecule has 0 aliphatic heterocycles. The molecule has 0 fully saturated rings. The van der Waals surface area contributed by atoms with Gasteiger partial charge in [0.2, 0.25) is 0 Å². The van der Waals surface area contributed by atoms with Crippen molar-refractivity contribution < 1.29 is 4.79 Å². The number of pyridine rings is 1. The number of rotatable bonds is 5. The molecule has 88 valence electrons. The summed E-state index contributed by atoms with van der Waals surface area (Å²) in [5, 5.41) is 0. The summed E-state index contributed by atoms with van der Waals surface area (Å²) >= 11 is 0. The fourth-order valence-corrected chi connectivity index (χ4v) is 1.40. The van der Waals surface area contributed by atoms with E-state index in [-0.39, 0.29) is 11.8 Å². The van der Waals surface area contributed by atoms with E-state index in [1.54, 1.807) is 18.3 Å². The van der Waals surface area contributed by atoms with Crippen molar-refractivity contribution in [1.29, 1.82) is 0 Å². The number of Topliss-reactive ketones (excluding diaryl/α,β-unsaturated/α-hetero) is 1. The minimum Gasteiger partial charge on any atom is -0.384 e. The lowest BCUT2D eigenvalue weighted by Gasteiger charge is -2.14. The van der Waals surface area contributed by atoms with Crippen molar-refractivity contribution >= 4 is 11.6 Å². The summed E-state index contributed by atoms with van der Waals surface area (Å²) in [6, 6.07) is 3.46. The fourth-order valence-electron chi connectivity index (χ4n) is 1.40. The summed E-state index contributed by atoms with van der Waals surface area (Å²) < 4.78 is 0. The number of anilines is 1. The first-order valence-electron chi connectivity index (χ1n) is 5.46. The highest BCUT2D eigenvalue weighted by atomic mass is 16.1. The van der Waals surface area contributed by atoms with Crippen molar-refractivity contribution in [3.05, 3.63) is 23.9 Å². The number of nitrogens with zero attached hydrogens (tertiary/aromatic N) is 1. The molecule has 1 heterocycles. The van der Waals surface area contributed by atoms with Gasteiger partial charge in [0.15, 0.2) is 0 Å². The van der Waals surface area contributed by atoms with E-state index in [4.69, 9.17) is 11.5 Å². The van der Waals surface area contributed by atoms with Crippen LogP contribution in [-0.4, -0.2) is 16.8 Å². The van der Waals surface area contributed by atoms with Crippen LogP contribution in [0.5, 0.6) is 0 Å². The van der Waals surface area contributed by atoms with Gasteiger partial charge in [-0.3, -0.25) is 4.79 Å². The number of hydrogen-bond acceptors (Lipinski definition) is 4. The van der Waals surface area contributed by atoms with Gasteiger partial charge in [-0.1, -0.05) is 13.8 Å². The third-order valence-corrected chi connectivity index (χ3v) is 2.57. The average Bonchev–Trinajstić information content (AvgIpc) is 2.16. The Morgan fingerprint density at radius 3 is 2.75 bits per heavy atom. The van der Waals surface area contributed by atoms with Gasteiger partial charge in [0.25, 0.3) is 0 Å². The van der Waals surface area contributed by atoms with Crippen LogP contribution in [0.4, 0.5) is 5.82 Å². The molecule has 1 atom stereocenters. The Bertz CT molecular complexity index is 363. The van der Waals surface area contributed by atoms with Gasteiger partial charge in [-0.25, -0.2) is 4.98 Å². The van der Waals surface area contributed by atoms with Crippen molar-refractivity contribution in [1.82, 2.24) is 4.98 Å². The topological polar surface area (TPSA) is 82.0 Å². The molecule has 0 saturated heterocycles. The molecular formula is C12H19N3O. The van der Waals surface area contributed by atoms with Crippen LogP contribution in [-0.2, 0) is 11.2 Å². The van der Waals surface area contributed by atoms with Gasteiger partial charge >= 0.3 is 0 Å². The van der Waals surface area contributed by atoms with Crippen LogP contribution in [0, 0.1) is 5.92 Å². The normalized spacial score (nSPS) is 12.8. The van der Waals surface area contributed by atoms with E-state index >= 15 is 0 Å². The van der Waals surface area contributed by atoms with Gasteiger partial charge in [-0.15, -0.1) is 0 Å². The monoisotopic (exact) mass is 221 g/mol. The SMILES string of the molecule is CC(C)C(N)CC(=O)Cc1ccnc(N)c1. The molecule has 0 aliphatic rings. The number of ketones is 1. The van der Waals surface area contributed by atoms with E-state index in [0.29, 0.717) is 24.6 Å². The van der Waals surface area contributed by atoms with Crippen molar-refractivity contribution in [2.24, 2.45) is 11.7 Å². The molecule has 0 aromatic carbocycles. The first-order valence-corrected chi connectivity index (χ1v) is 5.46. The van der Waals surface area contributed by atoms with Crippen LogP contribution in [0.2, 0.25) is 0 Å². The minimum absolute atomic E-state index is 0.0633. The number of carbonyl (C=O) groups excluding carboxylic acids is 1. The Kier molecular flexibility index (Phi) is 4.43. The van der Waals surface area contributed by atoms with Crippen LogP contribution in [0.25, 0.3) is 0 Å². The van der Waals surface area contributed by atoms with Crippen LogP contribution in [0.1, 0.15) is 25.8 Å². The van der Waals surface area contributed by atoms with Crippen LogP contribution >= 0.6 is 0 Å². The Balaban J connectivity index is 2.52. The summed E-state index contributed by atoms with van der Waals surface area (Å²) in [6.45, 7) is 4.03. The van der Waals surface area contributed by atoms with E-state index in [0.717, 1.165) is 5.56 Å². The summed E-state index contributed by atoms with van der Waals surface area (Å²) in [6.07, 6.45) is 2.41. The molecule has 4 N–H and O–H groups in total. The smallest absolute Gasteiger partial charge is 0.138 e. The zero-order chi connectivity index (χ0) is 12.1. The molecule has 0 amide bonds. The van der Waals surface area contributed by atoms with Crippen molar-refractivity contribution in [2.45, 2.75) is 32.7 Å². The third-order valence-electron chi connectivity index (χ3n) is 2.57. The molecular weight excluding hydrogens is 202 g/mol. The zero-order valence-electron chi connectivity index (χ0n) is 9.81. The number of nitrogens with two attached hydrogens (primary N) is 2. The van der Waals surface area contributed by atoms with Crippen LogP contribution in [0.15, 0.2) is 18.3 Å². The highest BCUT2D eigenvalue weighted by Gasteiger charge is 2.13. The number of aromatic nitrogens is 1. The standard InChI is InChI=1S/C12H19N3O/c1-8(2)11(13)7-10(16)5-9-3-4-15-12(14)6-9/h3-4,6,8,11H,5,7,13H2,1-2H3,(H2,14,15). The lowest BCUT2D eigenvalue weighted by Crippen LogP contribution is -2.29. The molecule has 0 radical (unpaired) electrons. The molecule has 0 spiro atoms. The largest absolute Gasteiger partial charge is 0.384 e. The number of carbonyl (C=O) groups is 1. The highest BCUT2D eigenvalue weighted by molar-refractivity contribution is 5.81. The summed E-state index contributed by atoms with van der Waals surface area (Å²) in [5.74, 6) is 0.914. The van der Waals surface area contributed by atoms with Crippen molar-refractivity contribution in [2.75, 3.05) is 5.73 Å². The fraction of sp³-hybridized carbons (Fsp3) is 0.500. The molecule has 0 saturated carbocycles. The maximum absolute atomic E-state index is 11.7. The predicted molar refractivity (Wildman–Crippen MR) is 64.8 cm³/mol. The first-order chi connectivity index (χ1) is 7.49. The highest BCUT2D eigenvalue weighted by Crippen LogP contribution is 2.09. The van der Waals surface area contributed by atoms with Gasteiger partial charge in [0.1, 0.15) is 11.6 Å². The maximum atomic E-state index is 11.7. The third kappa shape index (κ3) is 3.98. The Morgan fingerprint density at radius 1 is 1.50 bits per heavy atom. The molecule has 1 rings (SSSR count). The Morgan fingerprint density at radius 2 is 2.19 bits per heavy atom. The predicted octanol–water partition coefficient (Wildman–Crippen LogP) is 1.15. The van der Waals surface area contributed by atoms with Crippen molar-refractivity contribution in [3.63, 3.8) is 0 Å². The van der Waals surface area contributed by atoms with Crippen molar-refractivity contribution in [3.8, 4) is 0 Å². The van der Waals surface area contributed by atoms with E-state index < -0.39 is 0 Å². The van der Waals surface area contributed by atoms with Gasteiger partial charge in [-0.2, -0.15) is 0 Å². The quantitative estimate of drug-likeness (QED) is 0.781. The zero-order valence-corrected chi connectivity index (χ0v) is 9.81. The lowest BCUT2D eigenvalue weighted by atomic mass is 9.97. The van der Waals surface area contributed by atoms with E-state index in [9.17, 15) is 4.79 Å². The van der Waals surface area contributed by atoms with E-state index in [2.05, 4.69) is 4.98 Å². The Labute approximate surface area is 96.0 Å². The van der Waals surface area contributed by atoms with Gasteiger partial charge < -0.3 is 11.5 Å². The summed E-state index contributed by atoms with van der Waals surface area (Å²) in [5.41, 5.74) is 12.3. The average molecular weight is 221 g/mol. The molecule has 0 aliphatic carbocycles. The summed E-state index contributed by atoms with van der Waals surface area (Å²) in [4.78, 5) is 15.6. The maximum Gasteiger partial charge on any atom is 0.138 e. The minimum atomic E-state index is -0.0633. The second kappa shape index (κ2) is 5.61. The lowest BCUT2D eigenvalue weighted by molar-refractivity contribution is -0.118. The first kappa shape index (κ1) is 12.6. The molecule has 1 aromatic heterocycles. The molecule has 0 bridgehead atoms. The van der Waals surface area contributed by atoms with Gasteiger partial charge in [-0.05, 0) is 23.6 Å². The number of hydrogen-bond donors (Lipinski definition) is 2. The number of nitrogen functional groups attached to an aromatic ring is 1. The molecule has 4 nitrogen and oxygen atoms in total. The summed E-state index contributed by atoms with van der Waals surface area (Å²) in [7, 11) is 0. The second-order valence-corrected chi connectivity index (χ2v) is 4.42. The molecule has 4 heteroatoms. The van der Waals surface area contributed by atoms with E-state index in [1.807, 2.05) is 13.8 Å². The molecule has 1 aromatic rings. The van der Waals surface area contributed by atoms with E-state index in [1.165, 1.54) is 0 Å². The second-order valence-electron chi connectivity index (χ2n) is 4.42. The Hall–Kier alpha value is -1.42. The van der Waals surface area contributed by atoms with Gasteiger partial charge in [0, 0.05) is 25.1 Å². The van der Waals surface area contributed by atoms with Crippen LogP contribution < -0.4 is 11.5 Å². The molecule has 1 unspecified atom stereocenters. The van der Waals surface area contributed by atoms with Gasteiger partial charge in [0.05, 0.1) is 0 Å².